The molecule has 1 aromatic heterocycles. The molecule has 1 fully saturated rings. The van der Waals surface area contributed by atoms with Gasteiger partial charge in [0, 0.05) is 31.3 Å². The summed E-state index contributed by atoms with van der Waals surface area (Å²) in [4.78, 5) is 17.9. The maximum atomic E-state index is 12.8. The number of nitrogens with one attached hydrogen (secondary N) is 1. The van der Waals surface area contributed by atoms with Gasteiger partial charge >= 0.3 is 12.2 Å². The van der Waals surface area contributed by atoms with Gasteiger partial charge in [-0.25, -0.2) is 9.78 Å². The van der Waals surface area contributed by atoms with Crippen molar-refractivity contribution in [2.24, 2.45) is 0 Å². The number of benzene rings is 1. The molecule has 0 bridgehead atoms. The SMILES string of the molecule is COc1ccc(NC(=O)N2CCC(Oc3cc(C(F)(F)F)ccn3)C2)c(OC)c1. The number of carbonyl (C=O) groups is 1. The van der Waals surface area contributed by atoms with E-state index in [2.05, 4.69) is 10.3 Å². The van der Waals surface area contributed by atoms with Gasteiger partial charge < -0.3 is 24.4 Å². The number of likely N-dealkylation sites (tertiary alicyclic amines) is 1. The molecule has 156 valence electrons. The van der Waals surface area contributed by atoms with Gasteiger partial charge in [-0.15, -0.1) is 0 Å². The number of methoxy groups -OCH3 is 2. The number of ether oxygens (including phenoxy) is 3. The largest absolute Gasteiger partial charge is 0.497 e. The highest BCUT2D eigenvalue weighted by molar-refractivity contribution is 5.91. The van der Waals surface area contributed by atoms with Crippen molar-refractivity contribution in [1.29, 1.82) is 0 Å². The number of pyridine rings is 1. The molecule has 29 heavy (non-hydrogen) atoms. The van der Waals surface area contributed by atoms with Crippen LogP contribution in [-0.2, 0) is 6.18 Å². The Morgan fingerprint density at radius 2 is 2.00 bits per heavy atom. The van der Waals surface area contributed by atoms with Crippen LogP contribution in [0.25, 0.3) is 0 Å². The quantitative estimate of drug-likeness (QED) is 0.810. The molecule has 0 aliphatic carbocycles. The van der Waals surface area contributed by atoms with Crippen LogP contribution in [-0.4, -0.2) is 49.3 Å². The van der Waals surface area contributed by atoms with E-state index in [4.69, 9.17) is 14.2 Å². The minimum Gasteiger partial charge on any atom is -0.497 e. The smallest absolute Gasteiger partial charge is 0.416 e. The normalized spacial score (nSPS) is 16.4. The highest BCUT2D eigenvalue weighted by atomic mass is 19.4. The summed E-state index contributed by atoms with van der Waals surface area (Å²) in [6.45, 7) is 0.621. The number of halogens is 3. The van der Waals surface area contributed by atoms with Crippen LogP contribution in [0.4, 0.5) is 23.7 Å². The molecule has 1 N–H and O–H groups in total. The molecule has 2 amide bonds. The molecule has 1 aliphatic heterocycles. The second-order valence-electron chi connectivity index (χ2n) is 6.35. The zero-order valence-electron chi connectivity index (χ0n) is 15.8. The van der Waals surface area contributed by atoms with Crippen molar-refractivity contribution >= 4 is 11.7 Å². The fourth-order valence-corrected chi connectivity index (χ4v) is 2.93. The van der Waals surface area contributed by atoms with Gasteiger partial charge in [0.05, 0.1) is 32.0 Å². The van der Waals surface area contributed by atoms with Crippen molar-refractivity contribution in [2.45, 2.75) is 18.7 Å². The lowest BCUT2D eigenvalue weighted by Crippen LogP contribution is -2.34. The Hall–Kier alpha value is -3.17. The third kappa shape index (κ3) is 5.01. The van der Waals surface area contributed by atoms with Crippen molar-refractivity contribution in [1.82, 2.24) is 9.88 Å². The Morgan fingerprint density at radius 1 is 1.21 bits per heavy atom. The molecule has 2 aromatic rings. The number of urea groups is 1. The first-order valence-electron chi connectivity index (χ1n) is 8.78. The molecule has 7 nitrogen and oxygen atoms in total. The van der Waals surface area contributed by atoms with Crippen molar-refractivity contribution in [3.05, 3.63) is 42.1 Å². The molecular weight excluding hydrogens is 391 g/mol. The molecule has 1 saturated heterocycles. The summed E-state index contributed by atoms with van der Waals surface area (Å²) in [5, 5.41) is 2.75. The lowest BCUT2D eigenvalue weighted by Gasteiger charge is -2.19. The summed E-state index contributed by atoms with van der Waals surface area (Å²) in [5.74, 6) is 0.907. The lowest BCUT2D eigenvalue weighted by molar-refractivity contribution is -0.137. The number of hydrogen-bond acceptors (Lipinski definition) is 5. The maximum Gasteiger partial charge on any atom is 0.416 e. The zero-order valence-corrected chi connectivity index (χ0v) is 15.8. The van der Waals surface area contributed by atoms with Crippen LogP contribution in [0.5, 0.6) is 17.4 Å². The highest BCUT2D eigenvalue weighted by Gasteiger charge is 2.32. The summed E-state index contributed by atoms with van der Waals surface area (Å²) >= 11 is 0. The Labute approximate surface area is 165 Å². The summed E-state index contributed by atoms with van der Waals surface area (Å²) in [6.07, 6.45) is -3.40. The first-order valence-corrected chi connectivity index (χ1v) is 8.78. The van der Waals surface area contributed by atoms with Crippen molar-refractivity contribution in [3.63, 3.8) is 0 Å². The average Bonchev–Trinajstić information content (AvgIpc) is 3.16. The number of amides is 2. The summed E-state index contributed by atoms with van der Waals surface area (Å²) in [6, 6.07) is 6.36. The van der Waals surface area contributed by atoms with Crippen molar-refractivity contribution in [3.8, 4) is 17.4 Å². The van der Waals surface area contributed by atoms with Gasteiger partial charge in [0.1, 0.15) is 17.6 Å². The van der Waals surface area contributed by atoms with Crippen LogP contribution in [0.15, 0.2) is 36.5 Å². The second-order valence-corrected chi connectivity index (χ2v) is 6.35. The summed E-state index contributed by atoms with van der Waals surface area (Å²) in [7, 11) is 3.00. The minimum absolute atomic E-state index is 0.121. The second kappa shape index (κ2) is 8.46. The van der Waals surface area contributed by atoms with E-state index >= 15 is 0 Å². The highest BCUT2D eigenvalue weighted by Crippen LogP contribution is 2.31. The summed E-state index contributed by atoms with van der Waals surface area (Å²) < 4.78 is 54.3. The van der Waals surface area contributed by atoms with Gasteiger partial charge in [-0.1, -0.05) is 0 Å². The number of nitrogens with zero attached hydrogens (tertiary/aromatic N) is 2. The van der Waals surface area contributed by atoms with E-state index in [9.17, 15) is 18.0 Å². The van der Waals surface area contributed by atoms with Crippen molar-refractivity contribution < 1.29 is 32.2 Å². The fraction of sp³-hybridized carbons (Fsp3) is 0.368. The number of alkyl halides is 3. The predicted octanol–water partition coefficient (Wildman–Crippen LogP) is 3.80. The van der Waals surface area contributed by atoms with Gasteiger partial charge in [-0.2, -0.15) is 13.2 Å². The van der Waals surface area contributed by atoms with Crippen LogP contribution in [0.1, 0.15) is 12.0 Å². The van der Waals surface area contributed by atoms with E-state index in [1.54, 1.807) is 18.2 Å². The molecule has 1 unspecified atom stereocenters. The van der Waals surface area contributed by atoms with Crippen LogP contribution in [0, 0.1) is 0 Å². The monoisotopic (exact) mass is 411 g/mol. The van der Waals surface area contributed by atoms with Crippen LogP contribution < -0.4 is 19.5 Å². The van der Waals surface area contributed by atoms with E-state index in [0.717, 1.165) is 18.3 Å². The molecule has 0 radical (unpaired) electrons. The van der Waals surface area contributed by atoms with Gasteiger partial charge in [0.2, 0.25) is 5.88 Å². The van der Waals surface area contributed by atoms with E-state index < -0.39 is 17.8 Å². The average molecular weight is 411 g/mol. The number of rotatable bonds is 5. The molecule has 1 aliphatic rings. The molecular formula is C19H20F3N3O4. The number of aromatic nitrogens is 1. The number of anilines is 1. The van der Waals surface area contributed by atoms with Gasteiger partial charge in [0.15, 0.2) is 0 Å². The van der Waals surface area contributed by atoms with Gasteiger partial charge in [-0.3, -0.25) is 0 Å². The first kappa shape index (κ1) is 20.6. The van der Waals surface area contributed by atoms with E-state index in [-0.39, 0.29) is 18.5 Å². The zero-order chi connectivity index (χ0) is 21.0. The van der Waals surface area contributed by atoms with Gasteiger partial charge in [-0.05, 0) is 18.2 Å². The standard InChI is InChI=1S/C19H20F3N3O4/c1-27-13-3-4-15(16(10-13)28-2)24-18(26)25-8-6-14(11-25)29-17-9-12(5-7-23-17)19(20,21)22/h3-5,7,9-10,14H,6,8,11H2,1-2H3,(H,24,26). The third-order valence-corrected chi connectivity index (χ3v) is 4.43. The third-order valence-electron chi connectivity index (χ3n) is 4.43. The van der Waals surface area contributed by atoms with Crippen LogP contribution in [0.2, 0.25) is 0 Å². The maximum absolute atomic E-state index is 12.8. The van der Waals surface area contributed by atoms with E-state index in [1.165, 1.54) is 19.1 Å². The Bertz CT molecular complexity index is 876. The molecule has 0 saturated carbocycles. The van der Waals surface area contributed by atoms with Crippen molar-refractivity contribution in [2.75, 3.05) is 32.6 Å². The minimum atomic E-state index is -4.47. The van der Waals surface area contributed by atoms with Gasteiger partial charge in [0.25, 0.3) is 0 Å². The fourth-order valence-electron chi connectivity index (χ4n) is 2.93. The first-order chi connectivity index (χ1) is 13.8. The van der Waals surface area contributed by atoms with E-state index in [1.807, 2.05) is 0 Å². The molecule has 1 atom stereocenters. The topological polar surface area (TPSA) is 72.9 Å². The number of carbonyl (C=O) groups excluding carboxylic acids is 1. The molecule has 3 rings (SSSR count). The Morgan fingerprint density at radius 3 is 2.69 bits per heavy atom. The van der Waals surface area contributed by atoms with E-state index in [0.29, 0.717) is 30.2 Å². The Balaban J connectivity index is 1.60. The summed E-state index contributed by atoms with van der Waals surface area (Å²) in [5.41, 5.74) is -0.357. The Kier molecular flexibility index (Phi) is 6.00. The molecule has 10 heteroatoms. The van der Waals surface area contributed by atoms with Crippen LogP contribution >= 0.6 is 0 Å². The van der Waals surface area contributed by atoms with Crippen LogP contribution in [0.3, 0.4) is 0 Å². The number of hydrogen-bond donors (Lipinski definition) is 1. The molecule has 1 aromatic carbocycles. The molecule has 0 spiro atoms. The predicted molar refractivity (Wildman–Crippen MR) is 98.4 cm³/mol. The lowest BCUT2D eigenvalue weighted by atomic mass is 10.2. The molecule has 2 heterocycles.